The van der Waals surface area contributed by atoms with Crippen LogP contribution in [0.15, 0.2) is 40.7 Å². The van der Waals surface area contributed by atoms with Gasteiger partial charge >= 0.3 is 5.97 Å². The molecule has 3 rings (SSSR count). The number of hydrogen-bond acceptors (Lipinski definition) is 6. The Hall–Kier alpha value is -3.14. The number of nitrogens with zero attached hydrogens (tertiary/aromatic N) is 2. The summed E-state index contributed by atoms with van der Waals surface area (Å²) >= 11 is 1.08. The van der Waals surface area contributed by atoms with Gasteiger partial charge in [0.15, 0.2) is 5.17 Å². The van der Waals surface area contributed by atoms with Crippen molar-refractivity contribution in [3.63, 3.8) is 0 Å². The number of aliphatic carboxylic acids is 1. The Morgan fingerprint density at radius 3 is 2.96 bits per heavy atom. The number of amides is 2. The summed E-state index contributed by atoms with van der Waals surface area (Å²) in [6.07, 6.45) is 3.25. The second-order valence-electron chi connectivity index (χ2n) is 5.41. The van der Waals surface area contributed by atoms with Gasteiger partial charge in [0, 0.05) is 29.1 Å². The second-order valence-corrected chi connectivity index (χ2v) is 6.60. The van der Waals surface area contributed by atoms with Gasteiger partial charge in [-0.25, -0.2) is 0 Å². The second kappa shape index (κ2) is 7.83. The minimum absolute atomic E-state index is 0.130. The van der Waals surface area contributed by atoms with E-state index < -0.39 is 23.7 Å². The number of nitrogens with one attached hydrogen (secondary N) is 3. The Bertz CT molecular complexity index is 920. The normalized spacial score (nSPS) is 18.5. The average Bonchev–Trinajstić information content (AvgIpc) is 3.17. The summed E-state index contributed by atoms with van der Waals surface area (Å²) in [7, 11) is 0. The van der Waals surface area contributed by atoms with Gasteiger partial charge in [-0.15, -0.1) is 5.10 Å². The smallest absolute Gasteiger partial charge is 0.322 e. The van der Waals surface area contributed by atoms with Gasteiger partial charge in [-0.05, 0) is 6.07 Å². The van der Waals surface area contributed by atoms with Crippen LogP contribution >= 0.6 is 11.8 Å². The Labute approximate surface area is 151 Å². The number of aromatic nitrogens is 1. The van der Waals surface area contributed by atoms with Crippen LogP contribution in [0.2, 0.25) is 0 Å². The largest absolute Gasteiger partial charge is 0.480 e. The number of thioether (sulfide) groups is 1. The number of fused-ring (bicyclic) bond motifs is 1. The van der Waals surface area contributed by atoms with Crippen molar-refractivity contribution >= 4 is 51.8 Å². The van der Waals surface area contributed by atoms with E-state index in [-0.39, 0.29) is 12.3 Å². The van der Waals surface area contributed by atoms with Crippen LogP contribution < -0.4 is 10.6 Å². The number of carbonyl (C=O) groups is 3. The third kappa shape index (κ3) is 4.28. The molecule has 4 N–H and O–H groups in total. The fourth-order valence-electron chi connectivity index (χ4n) is 2.35. The molecule has 0 unspecified atom stereocenters. The van der Waals surface area contributed by atoms with Crippen LogP contribution in [0.3, 0.4) is 0 Å². The zero-order valence-electron chi connectivity index (χ0n) is 13.4. The number of para-hydroxylation sites is 1. The summed E-state index contributed by atoms with van der Waals surface area (Å²) in [6, 6.07) is 7.76. The predicted molar refractivity (Wildman–Crippen MR) is 98.1 cm³/mol. The molecule has 1 atom stereocenters. The highest BCUT2D eigenvalue weighted by Gasteiger charge is 2.32. The molecule has 1 aliphatic rings. The molecule has 1 aromatic carbocycles. The fourth-order valence-corrected chi connectivity index (χ4v) is 3.27. The molecule has 0 aliphatic carbocycles. The maximum atomic E-state index is 11.9. The lowest BCUT2D eigenvalue weighted by atomic mass is 10.2. The van der Waals surface area contributed by atoms with Gasteiger partial charge in [0.25, 0.3) is 0 Å². The van der Waals surface area contributed by atoms with Gasteiger partial charge in [0.1, 0.15) is 11.8 Å². The average molecular weight is 373 g/mol. The Morgan fingerprint density at radius 2 is 2.15 bits per heavy atom. The third-order valence-electron chi connectivity index (χ3n) is 3.55. The number of carboxylic acid groups (broad SMARTS) is 1. The summed E-state index contributed by atoms with van der Waals surface area (Å²) in [5, 5.41) is 21.9. The number of carboxylic acids is 1. The molecule has 1 saturated heterocycles. The Balaban J connectivity index is 1.59. The molecule has 10 heteroatoms. The molecule has 1 aliphatic heterocycles. The zero-order chi connectivity index (χ0) is 18.5. The number of rotatable bonds is 6. The van der Waals surface area contributed by atoms with E-state index >= 15 is 0 Å². The zero-order valence-corrected chi connectivity index (χ0v) is 14.2. The number of amidine groups is 1. The number of aromatic amines is 1. The topological polar surface area (TPSA) is 136 Å². The molecule has 1 aromatic heterocycles. The lowest BCUT2D eigenvalue weighted by Gasteiger charge is -2.04. The van der Waals surface area contributed by atoms with Gasteiger partial charge in [-0.2, -0.15) is 5.10 Å². The van der Waals surface area contributed by atoms with Gasteiger partial charge in [-0.3, -0.25) is 14.4 Å². The van der Waals surface area contributed by atoms with Crippen LogP contribution in [0.4, 0.5) is 0 Å². The highest BCUT2D eigenvalue weighted by atomic mass is 32.2. The highest BCUT2D eigenvalue weighted by Crippen LogP contribution is 2.22. The molecular formula is C16H15N5O4S. The van der Waals surface area contributed by atoms with Crippen LogP contribution in [-0.2, 0) is 14.4 Å². The maximum Gasteiger partial charge on any atom is 0.322 e. The van der Waals surface area contributed by atoms with Gasteiger partial charge in [-0.1, -0.05) is 30.0 Å². The maximum absolute atomic E-state index is 11.9. The minimum atomic E-state index is -1.14. The van der Waals surface area contributed by atoms with E-state index in [4.69, 9.17) is 5.11 Å². The summed E-state index contributed by atoms with van der Waals surface area (Å²) in [4.78, 5) is 37.0. The van der Waals surface area contributed by atoms with Crippen LogP contribution in [0.1, 0.15) is 12.0 Å². The van der Waals surface area contributed by atoms with E-state index in [1.165, 1.54) is 0 Å². The van der Waals surface area contributed by atoms with Crippen molar-refractivity contribution in [3.05, 3.63) is 36.0 Å². The first-order valence-corrected chi connectivity index (χ1v) is 8.54. The molecule has 9 nitrogen and oxygen atoms in total. The van der Waals surface area contributed by atoms with Crippen molar-refractivity contribution in [1.82, 2.24) is 15.6 Å². The SMILES string of the molecule is O=C(O)CNC(=O)C[C@H]1S/C(=N/N=C/c2c[nH]c3ccccc23)NC1=O. The quantitative estimate of drug-likeness (QED) is 0.436. The lowest BCUT2D eigenvalue weighted by molar-refractivity contribution is -0.137. The number of H-pyrrole nitrogens is 1. The monoisotopic (exact) mass is 373 g/mol. The van der Waals surface area contributed by atoms with Crippen molar-refractivity contribution in [2.75, 3.05) is 6.54 Å². The fraction of sp³-hybridized carbons (Fsp3) is 0.188. The summed E-state index contributed by atoms with van der Waals surface area (Å²) in [6.45, 7) is -0.478. The van der Waals surface area contributed by atoms with E-state index in [0.717, 1.165) is 28.2 Å². The van der Waals surface area contributed by atoms with Crippen LogP contribution in [0.25, 0.3) is 10.9 Å². The molecule has 0 saturated carbocycles. The van der Waals surface area contributed by atoms with Crippen LogP contribution in [-0.4, -0.2) is 51.1 Å². The van der Waals surface area contributed by atoms with Crippen molar-refractivity contribution < 1.29 is 19.5 Å². The van der Waals surface area contributed by atoms with Gasteiger partial charge in [0.2, 0.25) is 11.8 Å². The van der Waals surface area contributed by atoms with Crippen molar-refractivity contribution in [2.45, 2.75) is 11.7 Å². The van der Waals surface area contributed by atoms with E-state index in [9.17, 15) is 14.4 Å². The first kappa shape index (κ1) is 17.7. The molecule has 0 spiro atoms. The van der Waals surface area contributed by atoms with Crippen molar-refractivity contribution in [2.24, 2.45) is 10.2 Å². The summed E-state index contributed by atoms with van der Waals surface area (Å²) in [5.41, 5.74) is 1.85. The standard InChI is InChI=1S/C16H15N5O4S/c22-13(18-8-14(23)24)5-12-15(25)20-16(26-12)21-19-7-9-6-17-11-4-2-1-3-10(9)11/h1-4,6-7,12,17H,5,8H2,(H,18,22)(H,23,24)(H,20,21,25)/b19-7+/t12-/m1/s1. The van der Waals surface area contributed by atoms with Crippen molar-refractivity contribution in [1.29, 1.82) is 0 Å². The van der Waals surface area contributed by atoms with Crippen molar-refractivity contribution in [3.8, 4) is 0 Å². The highest BCUT2D eigenvalue weighted by molar-refractivity contribution is 8.15. The predicted octanol–water partition coefficient (Wildman–Crippen LogP) is 0.680. The number of benzene rings is 1. The molecule has 134 valence electrons. The Kier molecular flexibility index (Phi) is 5.32. The Morgan fingerprint density at radius 1 is 1.35 bits per heavy atom. The van der Waals surface area contributed by atoms with Gasteiger partial charge in [0.05, 0.1) is 6.21 Å². The molecule has 0 radical (unpaired) electrons. The van der Waals surface area contributed by atoms with E-state index in [2.05, 4.69) is 25.8 Å². The van der Waals surface area contributed by atoms with E-state index in [1.807, 2.05) is 30.5 Å². The van der Waals surface area contributed by atoms with E-state index in [1.54, 1.807) is 6.21 Å². The third-order valence-corrected chi connectivity index (χ3v) is 4.62. The molecule has 2 amide bonds. The van der Waals surface area contributed by atoms with Gasteiger partial charge < -0.3 is 20.7 Å². The summed E-state index contributed by atoms with van der Waals surface area (Å²) < 4.78 is 0. The minimum Gasteiger partial charge on any atom is -0.480 e. The molecule has 26 heavy (non-hydrogen) atoms. The first-order valence-electron chi connectivity index (χ1n) is 7.66. The number of carbonyl (C=O) groups excluding carboxylic acids is 2. The molecular weight excluding hydrogens is 358 g/mol. The van der Waals surface area contributed by atoms with Crippen LogP contribution in [0, 0.1) is 0 Å². The molecule has 2 aromatic rings. The number of hydrogen-bond donors (Lipinski definition) is 4. The molecule has 2 heterocycles. The van der Waals surface area contributed by atoms with E-state index in [0.29, 0.717) is 5.17 Å². The lowest BCUT2D eigenvalue weighted by Crippen LogP contribution is -2.33. The summed E-state index contributed by atoms with van der Waals surface area (Å²) in [5.74, 6) is -2.01. The first-order chi connectivity index (χ1) is 12.5. The molecule has 1 fully saturated rings. The van der Waals surface area contributed by atoms with Crippen LogP contribution in [0.5, 0.6) is 0 Å². The molecule has 0 bridgehead atoms.